The quantitative estimate of drug-likeness (QED) is 0.141. The SMILES string of the molecule is CC(=O)NC[C@H]1CN(c2cc(F)c(N3CC(=O)C4(CC4)C3)c(F)c2)C(=O)O1.CC(=O)NC[C@H]1CN(c2cc(F)c(N3CC(O)C4(CC4)C3)c(F)c2)C(=O)O1.CC(=O)NC[C@H]1CN(c2cc(F)c(N3CC4(CC4)C4(C3)OCCO4)c(F)c2)C(=O)O1. The molecule has 7 heterocycles. The summed E-state index contributed by atoms with van der Waals surface area (Å²) in [7, 11) is 0. The lowest BCUT2D eigenvalue weighted by Gasteiger charge is -2.28. The second kappa shape index (κ2) is 22.1. The Morgan fingerprint density at radius 3 is 1.23 bits per heavy atom. The number of β-amino-alcohol motifs (C(OH)–C–C–N with tert-alkyl or cyclic N) is 1. The van der Waals surface area contributed by atoms with Crippen molar-refractivity contribution in [3.05, 3.63) is 71.3 Å². The van der Waals surface area contributed by atoms with Crippen molar-refractivity contribution in [3.63, 3.8) is 0 Å². The standard InChI is InChI=1S/C20H23F2N3O5.C18H21F2N3O4.C18H19F2N3O4/c1-12(26)23-8-14-9-25(18(27)30-14)13-6-15(21)17(16(22)7-13)24-10-19(2-3-19)20(11-24)28-4-5-29-20;2*1-10(24)21-6-12-7-23(17(26)27-12)11-4-13(19)16(14(20)5-11)22-8-15(25)18(9-22)2-3-18/h6-7,14H,2-5,8-11H2,1H3,(H,23,26);4-5,12,15,25H,2-3,6-9H2,1H3,(H,21,24);4-5,12H,2-3,6-9H2,1H3,(H,21,24)/t14-;12-,15?;12-/m000/s1. The molecule has 4 spiro atoms. The van der Waals surface area contributed by atoms with Crippen LogP contribution in [0.5, 0.6) is 0 Å². The highest BCUT2D eigenvalue weighted by Crippen LogP contribution is 2.62. The minimum atomic E-state index is -0.825. The first-order chi connectivity index (χ1) is 39.9. The number of hydrogen-bond donors (Lipinski definition) is 4. The van der Waals surface area contributed by atoms with Crippen LogP contribution in [0.15, 0.2) is 36.4 Å². The van der Waals surface area contributed by atoms with E-state index < -0.39 is 88.8 Å². The number of cyclic esters (lactones) is 3. The highest BCUT2D eigenvalue weighted by Gasteiger charge is 2.68. The summed E-state index contributed by atoms with van der Waals surface area (Å²) in [4.78, 5) is 89.3. The average Bonchev–Trinajstić information content (AvgIpc) is 1.60. The third kappa shape index (κ3) is 11.3. The topological polar surface area (TPSA) is 241 Å². The molecule has 3 aromatic carbocycles. The van der Waals surface area contributed by atoms with E-state index >= 15 is 8.78 Å². The number of halogens is 6. The average molecular weight is 1180 g/mol. The zero-order valence-electron chi connectivity index (χ0n) is 46.2. The summed E-state index contributed by atoms with van der Waals surface area (Å²) < 4.78 is 116. The van der Waals surface area contributed by atoms with Gasteiger partial charge in [0, 0.05) is 99.6 Å². The van der Waals surface area contributed by atoms with Crippen LogP contribution in [0, 0.1) is 51.1 Å². The second-order valence-corrected chi connectivity index (χ2v) is 23.3. The number of benzene rings is 3. The summed E-state index contributed by atoms with van der Waals surface area (Å²) in [6, 6.07) is 6.63. The summed E-state index contributed by atoms with van der Waals surface area (Å²) >= 11 is 0. The van der Waals surface area contributed by atoms with Crippen molar-refractivity contribution in [1.82, 2.24) is 16.0 Å². The third-order valence-electron chi connectivity index (χ3n) is 17.3. The fraction of sp³-hybridized carbons (Fsp3) is 0.554. The number of rotatable bonds is 12. The van der Waals surface area contributed by atoms with Crippen LogP contribution in [0.3, 0.4) is 0 Å². The van der Waals surface area contributed by atoms with E-state index in [2.05, 4.69) is 16.0 Å². The number of fused-ring (bicyclic) bond motifs is 1. The fourth-order valence-electron chi connectivity index (χ4n) is 12.4. The molecule has 84 heavy (non-hydrogen) atoms. The molecule has 13 rings (SSSR count). The van der Waals surface area contributed by atoms with E-state index in [4.69, 9.17) is 23.7 Å². The number of nitrogens with one attached hydrogen (secondary N) is 3. The lowest BCUT2D eigenvalue weighted by molar-refractivity contribution is -0.178. The van der Waals surface area contributed by atoms with Gasteiger partial charge in [-0.1, -0.05) is 0 Å². The maximum absolute atomic E-state index is 15.0. The zero-order valence-corrected chi connectivity index (χ0v) is 46.2. The molecular weight excluding hydrogens is 1120 g/mol. The highest BCUT2D eigenvalue weighted by atomic mass is 19.2. The predicted molar refractivity (Wildman–Crippen MR) is 285 cm³/mol. The second-order valence-electron chi connectivity index (χ2n) is 23.3. The Hall–Kier alpha value is -7.59. The molecule has 10 aliphatic rings. The molecule has 3 aliphatic carbocycles. The van der Waals surface area contributed by atoms with Gasteiger partial charge >= 0.3 is 18.3 Å². The van der Waals surface area contributed by atoms with Gasteiger partial charge in [-0.05, 0) is 38.5 Å². The minimum Gasteiger partial charge on any atom is -0.442 e. The van der Waals surface area contributed by atoms with Gasteiger partial charge in [0.2, 0.25) is 17.7 Å². The van der Waals surface area contributed by atoms with E-state index in [1.54, 1.807) is 4.90 Å². The molecule has 22 nitrogen and oxygen atoms in total. The van der Waals surface area contributed by atoms with E-state index in [0.29, 0.717) is 32.8 Å². The van der Waals surface area contributed by atoms with Crippen LogP contribution < -0.4 is 45.3 Å². The third-order valence-corrected chi connectivity index (χ3v) is 17.3. The normalized spacial score (nSPS) is 25.0. The summed E-state index contributed by atoms with van der Waals surface area (Å²) in [5.41, 5.74) is -1.24. The Morgan fingerprint density at radius 1 is 0.512 bits per heavy atom. The molecule has 0 aromatic heterocycles. The van der Waals surface area contributed by atoms with E-state index in [1.807, 2.05) is 0 Å². The number of Topliss-reactive ketones (excluding diaryl/α,β-unsaturated/α-hetero) is 1. The number of amides is 6. The Morgan fingerprint density at radius 2 is 0.893 bits per heavy atom. The van der Waals surface area contributed by atoms with Gasteiger partial charge in [-0.2, -0.15) is 0 Å². The fourth-order valence-corrected chi connectivity index (χ4v) is 12.4. The Balaban J connectivity index is 0.000000132. The van der Waals surface area contributed by atoms with Crippen LogP contribution in [0.1, 0.15) is 59.3 Å². The molecule has 7 aliphatic heterocycles. The number of aliphatic hydroxyl groups is 1. The van der Waals surface area contributed by atoms with E-state index in [-0.39, 0.29) is 127 Å². The highest BCUT2D eigenvalue weighted by molar-refractivity contribution is 5.96. The largest absolute Gasteiger partial charge is 0.442 e. The molecule has 3 saturated carbocycles. The van der Waals surface area contributed by atoms with Crippen molar-refractivity contribution in [3.8, 4) is 0 Å². The van der Waals surface area contributed by atoms with Gasteiger partial charge in [0.25, 0.3) is 0 Å². The number of anilines is 6. The molecule has 6 amide bonds. The summed E-state index contributed by atoms with van der Waals surface area (Å²) in [6.45, 7) is 7.32. The van der Waals surface area contributed by atoms with Gasteiger partial charge in [0.1, 0.15) is 35.4 Å². The molecule has 1 unspecified atom stereocenters. The lowest BCUT2D eigenvalue weighted by atomic mass is 10.00. The van der Waals surface area contributed by atoms with E-state index in [0.717, 1.165) is 84.7 Å². The maximum atomic E-state index is 15.0. The summed E-state index contributed by atoms with van der Waals surface area (Å²) in [6.07, 6.45) is 0.544. The minimum absolute atomic E-state index is 0.00225. The molecule has 452 valence electrons. The molecule has 10 fully saturated rings. The van der Waals surface area contributed by atoms with Gasteiger partial charge in [0.05, 0.1) is 88.7 Å². The van der Waals surface area contributed by atoms with E-state index in [9.17, 15) is 56.2 Å². The number of aliphatic hydroxyl groups excluding tert-OH is 1. The molecule has 0 bridgehead atoms. The smallest absolute Gasteiger partial charge is 0.414 e. The molecule has 4 N–H and O–H groups in total. The molecule has 7 saturated heterocycles. The number of carbonyl (C=O) groups excluding carboxylic acids is 7. The number of ketones is 1. The Bertz CT molecular complexity index is 3130. The summed E-state index contributed by atoms with van der Waals surface area (Å²) in [5.74, 6) is -6.27. The number of hydrogen-bond acceptors (Lipinski definition) is 16. The van der Waals surface area contributed by atoms with Crippen LogP contribution in [0.25, 0.3) is 0 Å². The van der Waals surface area contributed by atoms with Gasteiger partial charge in [-0.15, -0.1) is 0 Å². The number of carbonyl (C=O) groups is 7. The first-order valence-corrected chi connectivity index (χ1v) is 27.8. The Kier molecular flexibility index (Phi) is 15.3. The van der Waals surface area contributed by atoms with Crippen LogP contribution in [-0.4, -0.2) is 169 Å². The van der Waals surface area contributed by atoms with Gasteiger partial charge in [-0.3, -0.25) is 33.9 Å². The van der Waals surface area contributed by atoms with Crippen LogP contribution in [0.4, 0.5) is 74.9 Å². The van der Waals surface area contributed by atoms with Crippen molar-refractivity contribution in [2.24, 2.45) is 16.2 Å². The van der Waals surface area contributed by atoms with Crippen LogP contribution in [0.2, 0.25) is 0 Å². The number of ether oxygens (including phenoxy) is 5. The van der Waals surface area contributed by atoms with Gasteiger partial charge < -0.3 is 59.4 Å². The maximum Gasteiger partial charge on any atom is 0.414 e. The molecule has 28 heteroatoms. The van der Waals surface area contributed by atoms with Crippen molar-refractivity contribution in [1.29, 1.82) is 0 Å². The summed E-state index contributed by atoms with van der Waals surface area (Å²) in [5, 5.41) is 17.8. The molecule has 4 atom stereocenters. The van der Waals surface area contributed by atoms with Crippen LogP contribution >= 0.6 is 0 Å². The number of nitrogens with zero attached hydrogens (tertiary/aromatic N) is 6. The van der Waals surface area contributed by atoms with Gasteiger partial charge in [0.15, 0.2) is 46.5 Å². The van der Waals surface area contributed by atoms with E-state index in [1.165, 1.54) is 35.5 Å². The van der Waals surface area contributed by atoms with Crippen LogP contribution in [-0.2, 0) is 42.9 Å². The van der Waals surface area contributed by atoms with Crippen molar-refractivity contribution < 1.29 is 88.7 Å². The Labute approximate surface area is 477 Å². The van der Waals surface area contributed by atoms with Crippen molar-refractivity contribution >= 4 is 75.9 Å². The first-order valence-electron chi connectivity index (χ1n) is 27.8. The molecule has 0 radical (unpaired) electrons. The van der Waals surface area contributed by atoms with Crippen molar-refractivity contribution in [2.45, 2.75) is 89.5 Å². The first kappa shape index (κ1) is 58.2. The monoisotopic (exact) mass is 1180 g/mol. The molecular formula is C56H63F6N9O13. The molecule has 3 aromatic rings. The zero-order chi connectivity index (χ0) is 59.8. The lowest BCUT2D eigenvalue weighted by Crippen LogP contribution is -2.40. The predicted octanol–water partition coefficient (Wildman–Crippen LogP) is 4.75. The van der Waals surface area contributed by atoms with Crippen molar-refractivity contribution in [2.75, 3.05) is 121 Å². The van der Waals surface area contributed by atoms with Gasteiger partial charge in [-0.25, -0.2) is 40.7 Å².